The van der Waals surface area contributed by atoms with Crippen molar-refractivity contribution in [2.45, 2.75) is 13.5 Å². The lowest BCUT2D eigenvalue weighted by molar-refractivity contribution is 0.617. The van der Waals surface area contributed by atoms with Gasteiger partial charge in [0.1, 0.15) is 0 Å². The van der Waals surface area contributed by atoms with Gasteiger partial charge in [0, 0.05) is 18.9 Å². The van der Waals surface area contributed by atoms with Crippen LogP contribution < -0.4 is 16.6 Å². The summed E-state index contributed by atoms with van der Waals surface area (Å²) in [6.45, 7) is 2.39. The lowest BCUT2D eigenvalue weighted by atomic mass is 10.1. The zero-order valence-electron chi connectivity index (χ0n) is 9.81. The SMILES string of the molecule is Cc1cnccc1CNc1nc(NN)ncc1F. The van der Waals surface area contributed by atoms with Crippen LogP contribution in [-0.2, 0) is 6.54 Å². The highest BCUT2D eigenvalue weighted by molar-refractivity contribution is 5.41. The molecule has 0 bridgehead atoms. The molecular weight excluding hydrogens is 235 g/mol. The minimum absolute atomic E-state index is 0.106. The number of halogens is 1. The van der Waals surface area contributed by atoms with Crippen LogP contribution in [0.5, 0.6) is 0 Å². The van der Waals surface area contributed by atoms with E-state index < -0.39 is 5.82 Å². The summed E-state index contributed by atoms with van der Waals surface area (Å²) in [5.74, 6) is 4.90. The zero-order valence-corrected chi connectivity index (χ0v) is 9.81. The molecule has 0 aliphatic carbocycles. The Balaban J connectivity index is 2.13. The third-order valence-corrected chi connectivity index (χ3v) is 2.46. The number of aryl methyl sites for hydroxylation is 1. The molecule has 0 aliphatic heterocycles. The highest BCUT2D eigenvalue weighted by atomic mass is 19.1. The predicted octanol–water partition coefficient (Wildman–Crippen LogP) is 1.22. The van der Waals surface area contributed by atoms with Crippen LogP contribution in [0.25, 0.3) is 0 Å². The number of nitrogen functional groups attached to an aromatic ring is 1. The maximum Gasteiger partial charge on any atom is 0.239 e. The number of hydrogen-bond acceptors (Lipinski definition) is 6. The van der Waals surface area contributed by atoms with Crippen LogP contribution in [-0.4, -0.2) is 15.0 Å². The average Bonchev–Trinajstić information content (AvgIpc) is 2.39. The van der Waals surface area contributed by atoms with Gasteiger partial charge in [-0.1, -0.05) is 0 Å². The van der Waals surface area contributed by atoms with Crippen molar-refractivity contribution in [3.63, 3.8) is 0 Å². The Hall–Kier alpha value is -2.28. The topological polar surface area (TPSA) is 88.8 Å². The molecule has 6 nitrogen and oxygen atoms in total. The van der Waals surface area contributed by atoms with Crippen LogP contribution in [0.1, 0.15) is 11.1 Å². The zero-order chi connectivity index (χ0) is 13.0. The van der Waals surface area contributed by atoms with Gasteiger partial charge in [0.15, 0.2) is 11.6 Å². The Kier molecular flexibility index (Phi) is 3.63. The van der Waals surface area contributed by atoms with Gasteiger partial charge in [0.25, 0.3) is 0 Å². The number of pyridine rings is 1. The Labute approximate surface area is 103 Å². The Bertz CT molecular complexity index is 545. The number of anilines is 2. The minimum Gasteiger partial charge on any atom is -0.363 e. The van der Waals surface area contributed by atoms with E-state index in [2.05, 4.69) is 25.7 Å². The average molecular weight is 248 g/mol. The standard InChI is InChI=1S/C11H13FN6/c1-7-4-14-3-2-8(7)5-15-10-9(12)6-16-11(17-10)18-13/h2-4,6H,5,13H2,1H3,(H2,15,16,17,18). The number of nitrogens with one attached hydrogen (secondary N) is 2. The molecule has 0 amide bonds. The van der Waals surface area contributed by atoms with Crippen molar-refractivity contribution >= 4 is 11.8 Å². The largest absolute Gasteiger partial charge is 0.363 e. The molecule has 0 saturated heterocycles. The summed E-state index contributed by atoms with van der Waals surface area (Å²) < 4.78 is 13.4. The first kappa shape index (κ1) is 12.2. The molecule has 4 N–H and O–H groups in total. The predicted molar refractivity (Wildman–Crippen MR) is 66.1 cm³/mol. The smallest absolute Gasteiger partial charge is 0.239 e. The molecule has 0 unspecified atom stereocenters. The summed E-state index contributed by atoms with van der Waals surface area (Å²) in [6, 6.07) is 1.86. The van der Waals surface area contributed by atoms with Crippen LogP contribution >= 0.6 is 0 Å². The second-order valence-electron chi connectivity index (χ2n) is 3.69. The van der Waals surface area contributed by atoms with Crippen molar-refractivity contribution in [2.75, 3.05) is 10.7 Å². The molecular formula is C11H13FN6. The molecule has 94 valence electrons. The van der Waals surface area contributed by atoms with E-state index in [1.807, 2.05) is 13.0 Å². The molecule has 2 rings (SSSR count). The summed E-state index contributed by atoms with van der Waals surface area (Å²) in [5, 5.41) is 2.90. The molecule has 2 aromatic rings. The molecule has 0 aromatic carbocycles. The van der Waals surface area contributed by atoms with Crippen LogP contribution in [0, 0.1) is 12.7 Å². The lowest BCUT2D eigenvalue weighted by Gasteiger charge is -2.09. The second-order valence-corrected chi connectivity index (χ2v) is 3.69. The molecule has 0 atom stereocenters. The molecule has 18 heavy (non-hydrogen) atoms. The van der Waals surface area contributed by atoms with Gasteiger partial charge >= 0.3 is 0 Å². The quantitative estimate of drug-likeness (QED) is 0.557. The number of hydrogen-bond donors (Lipinski definition) is 3. The Morgan fingerprint density at radius 1 is 1.39 bits per heavy atom. The number of hydrazine groups is 1. The molecule has 2 aromatic heterocycles. The molecule has 0 fully saturated rings. The van der Waals surface area contributed by atoms with Gasteiger partial charge < -0.3 is 5.32 Å². The van der Waals surface area contributed by atoms with Gasteiger partial charge in [-0.05, 0) is 24.1 Å². The summed E-state index contributed by atoms with van der Waals surface area (Å²) in [7, 11) is 0. The summed E-state index contributed by atoms with van der Waals surface area (Å²) in [4.78, 5) is 11.5. The minimum atomic E-state index is -0.527. The normalized spacial score (nSPS) is 10.2. The fraction of sp³-hybridized carbons (Fsp3) is 0.182. The summed E-state index contributed by atoms with van der Waals surface area (Å²) in [6.07, 6.45) is 4.50. The first-order valence-electron chi connectivity index (χ1n) is 5.33. The van der Waals surface area contributed by atoms with E-state index in [9.17, 15) is 4.39 Å². The molecule has 7 heteroatoms. The molecule has 0 aliphatic rings. The van der Waals surface area contributed by atoms with Gasteiger partial charge in [-0.2, -0.15) is 4.98 Å². The Morgan fingerprint density at radius 2 is 2.22 bits per heavy atom. The number of nitrogens with zero attached hydrogens (tertiary/aromatic N) is 3. The fourth-order valence-corrected chi connectivity index (χ4v) is 1.44. The lowest BCUT2D eigenvalue weighted by Crippen LogP contribution is -2.13. The van der Waals surface area contributed by atoms with Gasteiger partial charge in [0.05, 0.1) is 6.20 Å². The third kappa shape index (κ3) is 2.69. The van der Waals surface area contributed by atoms with Crippen molar-refractivity contribution in [1.82, 2.24) is 15.0 Å². The van der Waals surface area contributed by atoms with E-state index in [4.69, 9.17) is 5.84 Å². The Morgan fingerprint density at radius 3 is 2.94 bits per heavy atom. The van der Waals surface area contributed by atoms with E-state index in [1.54, 1.807) is 12.4 Å². The number of rotatable bonds is 4. The van der Waals surface area contributed by atoms with Gasteiger partial charge in [-0.15, -0.1) is 0 Å². The van der Waals surface area contributed by atoms with Crippen molar-refractivity contribution in [3.8, 4) is 0 Å². The van der Waals surface area contributed by atoms with E-state index in [0.717, 1.165) is 17.3 Å². The van der Waals surface area contributed by atoms with Crippen molar-refractivity contribution in [3.05, 3.63) is 41.6 Å². The maximum atomic E-state index is 13.4. The molecule has 0 spiro atoms. The van der Waals surface area contributed by atoms with Gasteiger partial charge in [-0.3, -0.25) is 10.4 Å². The van der Waals surface area contributed by atoms with Crippen molar-refractivity contribution in [1.29, 1.82) is 0 Å². The highest BCUT2D eigenvalue weighted by Gasteiger charge is 2.06. The molecule has 0 radical (unpaired) electrons. The molecule has 2 heterocycles. The number of aromatic nitrogens is 3. The van der Waals surface area contributed by atoms with E-state index in [-0.39, 0.29) is 11.8 Å². The summed E-state index contributed by atoms with van der Waals surface area (Å²) in [5.41, 5.74) is 4.31. The highest BCUT2D eigenvalue weighted by Crippen LogP contribution is 2.13. The first-order chi connectivity index (χ1) is 8.70. The van der Waals surface area contributed by atoms with Gasteiger partial charge in [0.2, 0.25) is 5.95 Å². The molecule has 0 saturated carbocycles. The van der Waals surface area contributed by atoms with E-state index in [0.29, 0.717) is 6.54 Å². The van der Waals surface area contributed by atoms with Crippen LogP contribution in [0.4, 0.5) is 16.2 Å². The fourth-order valence-electron chi connectivity index (χ4n) is 1.44. The van der Waals surface area contributed by atoms with Crippen LogP contribution in [0.3, 0.4) is 0 Å². The van der Waals surface area contributed by atoms with E-state index in [1.165, 1.54) is 0 Å². The maximum absolute atomic E-state index is 13.4. The van der Waals surface area contributed by atoms with Crippen LogP contribution in [0.2, 0.25) is 0 Å². The van der Waals surface area contributed by atoms with Gasteiger partial charge in [-0.25, -0.2) is 15.2 Å². The van der Waals surface area contributed by atoms with Crippen molar-refractivity contribution in [2.24, 2.45) is 5.84 Å². The first-order valence-corrected chi connectivity index (χ1v) is 5.33. The monoisotopic (exact) mass is 248 g/mol. The van der Waals surface area contributed by atoms with Crippen molar-refractivity contribution < 1.29 is 4.39 Å². The number of nitrogens with two attached hydrogens (primary N) is 1. The summed E-state index contributed by atoms with van der Waals surface area (Å²) >= 11 is 0. The third-order valence-electron chi connectivity index (χ3n) is 2.46. The second kappa shape index (κ2) is 5.37. The van der Waals surface area contributed by atoms with E-state index >= 15 is 0 Å². The van der Waals surface area contributed by atoms with Crippen LogP contribution in [0.15, 0.2) is 24.7 Å².